The summed E-state index contributed by atoms with van der Waals surface area (Å²) in [6.45, 7) is 7.31. The molecule has 0 amide bonds. The fourth-order valence-corrected chi connectivity index (χ4v) is 0.312. The average Bonchev–Trinajstić information content (AvgIpc) is 1.80. The van der Waals surface area contributed by atoms with Crippen LogP contribution in [0.1, 0.15) is 13.8 Å². The Morgan fingerprint density at radius 2 is 2.11 bits per heavy atom. The minimum absolute atomic E-state index is 0.704. The molecule has 0 spiro atoms. The molecule has 0 saturated heterocycles. The lowest BCUT2D eigenvalue weighted by molar-refractivity contribution is 0.356. The third-order valence-electron chi connectivity index (χ3n) is 0.651. The van der Waals surface area contributed by atoms with E-state index in [0.29, 0.717) is 5.76 Å². The second-order valence-electron chi connectivity index (χ2n) is 1.67. The van der Waals surface area contributed by atoms with E-state index >= 15 is 0 Å². The highest BCUT2D eigenvalue weighted by Crippen LogP contribution is 1.90. The molecular weight excluding hydrogens is 112 g/mol. The largest absolute Gasteiger partial charge is 0.470 e. The van der Waals surface area contributed by atoms with Crippen molar-refractivity contribution in [2.45, 2.75) is 13.8 Å². The van der Waals surface area contributed by atoms with Crippen molar-refractivity contribution in [3.63, 3.8) is 0 Å². The van der Waals surface area contributed by atoms with E-state index in [-0.39, 0.29) is 0 Å². The monoisotopic (exact) mass is 124 g/mol. The highest BCUT2D eigenvalue weighted by atomic mass is 16.5. The van der Waals surface area contributed by atoms with Crippen LogP contribution in [-0.4, -0.2) is 0 Å². The van der Waals surface area contributed by atoms with Gasteiger partial charge in [0, 0.05) is 0 Å². The van der Waals surface area contributed by atoms with Gasteiger partial charge in [0.05, 0.1) is 12.0 Å². The van der Waals surface area contributed by atoms with Crippen LogP contribution >= 0.6 is 0 Å². The number of allylic oxidation sites excluding steroid dienone is 4. The summed E-state index contributed by atoms with van der Waals surface area (Å²) in [5, 5.41) is 0. The molecule has 0 aromatic carbocycles. The van der Waals surface area contributed by atoms with E-state index in [0.717, 1.165) is 0 Å². The molecule has 0 atom stereocenters. The van der Waals surface area contributed by atoms with E-state index < -0.39 is 0 Å². The molecule has 0 N–H and O–H groups in total. The lowest BCUT2D eigenvalue weighted by atomic mass is 10.5. The Kier molecular flexibility index (Phi) is 4.60. The first-order valence-electron chi connectivity index (χ1n) is 2.87. The van der Waals surface area contributed by atoms with Crippen LogP contribution in [0.4, 0.5) is 0 Å². The molecule has 0 aliphatic carbocycles. The van der Waals surface area contributed by atoms with E-state index in [1.807, 2.05) is 25.2 Å². The highest BCUT2D eigenvalue weighted by Gasteiger charge is 1.72. The topological polar surface area (TPSA) is 9.23 Å². The van der Waals surface area contributed by atoms with Crippen molar-refractivity contribution in [3.8, 4) is 0 Å². The lowest BCUT2D eigenvalue weighted by Gasteiger charge is -1.92. The van der Waals surface area contributed by atoms with Crippen LogP contribution in [-0.2, 0) is 4.74 Å². The van der Waals surface area contributed by atoms with Gasteiger partial charge in [-0.3, -0.25) is 0 Å². The first-order chi connectivity index (χ1) is 4.27. The second-order valence-corrected chi connectivity index (χ2v) is 1.67. The predicted molar refractivity (Wildman–Crippen MR) is 39.9 cm³/mol. The fourth-order valence-electron chi connectivity index (χ4n) is 0.312. The summed E-state index contributed by atoms with van der Waals surface area (Å²) in [4.78, 5) is 0. The molecule has 0 aliphatic heterocycles. The third-order valence-corrected chi connectivity index (χ3v) is 0.651. The van der Waals surface area contributed by atoms with Crippen LogP contribution < -0.4 is 0 Å². The summed E-state index contributed by atoms with van der Waals surface area (Å²) < 4.78 is 4.92. The van der Waals surface area contributed by atoms with Gasteiger partial charge in [-0.15, -0.1) is 0 Å². The van der Waals surface area contributed by atoms with E-state index in [1.165, 1.54) is 0 Å². The van der Waals surface area contributed by atoms with Crippen LogP contribution in [0.5, 0.6) is 0 Å². The number of hydrogen-bond acceptors (Lipinski definition) is 1. The summed E-state index contributed by atoms with van der Waals surface area (Å²) in [6.07, 6.45) is 7.23. The van der Waals surface area contributed by atoms with Gasteiger partial charge in [-0.25, -0.2) is 0 Å². The fraction of sp³-hybridized carbons (Fsp3) is 0.250. The normalized spacial score (nSPS) is 10.9. The maximum Gasteiger partial charge on any atom is 0.0929 e. The zero-order valence-corrected chi connectivity index (χ0v) is 5.92. The molecule has 0 bridgehead atoms. The number of rotatable bonds is 3. The lowest BCUT2D eigenvalue weighted by Crippen LogP contribution is -1.71. The Morgan fingerprint density at radius 3 is 2.56 bits per heavy atom. The number of hydrogen-bond donors (Lipinski definition) is 0. The molecule has 0 fully saturated rings. The highest BCUT2D eigenvalue weighted by molar-refractivity contribution is 4.98. The standard InChI is InChI=1S/C8H12O/c1-4-5-6-7-9-8(2)3/h4-7H,2H2,1,3H3. The molecule has 0 heterocycles. The molecule has 0 rings (SSSR count). The maximum atomic E-state index is 4.92. The zero-order valence-electron chi connectivity index (χ0n) is 5.92. The van der Waals surface area contributed by atoms with Crippen LogP contribution in [0.2, 0.25) is 0 Å². The quantitative estimate of drug-likeness (QED) is 0.415. The van der Waals surface area contributed by atoms with Crippen molar-refractivity contribution < 1.29 is 4.74 Å². The summed E-state index contributed by atoms with van der Waals surface area (Å²) in [6, 6.07) is 0. The molecule has 1 heteroatoms. The molecule has 1 nitrogen and oxygen atoms in total. The first kappa shape index (κ1) is 8.02. The Balaban J connectivity index is 3.36. The molecular formula is C8H12O. The van der Waals surface area contributed by atoms with Gasteiger partial charge >= 0.3 is 0 Å². The summed E-state index contributed by atoms with van der Waals surface area (Å²) >= 11 is 0. The van der Waals surface area contributed by atoms with Gasteiger partial charge in [0.15, 0.2) is 0 Å². The zero-order chi connectivity index (χ0) is 7.11. The van der Waals surface area contributed by atoms with E-state index in [4.69, 9.17) is 4.74 Å². The van der Waals surface area contributed by atoms with Gasteiger partial charge in [0.1, 0.15) is 0 Å². The first-order valence-corrected chi connectivity index (χ1v) is 2.87. The molecule has 0 radical (unpaired) electrons. The Hall–Kier alpha value is -0.980. The van der Waals surface area contributed by atoms with Gasteiger partial charge in [-0.2, -0.15) is 0 Å². The van der Waals surface area contributed by atoms with Gasteiger partial charge in [-0.1, -0.05) is 18.7 Å². The summed E-state index contributed by atoms with van der Waals surface area (Å²) in [5.41, 5.74) is 0. The minimum Gasteiger partial charge on any atom is -0.470 e. The van der Waals surface area contributed by atoms with Gasteiger partial charge < -0.3 is 4.74 Å². The van der Waals surface area contributed by atoms with Crippen LogP contribution in [0, 0.1) is 0 Å². The van der Waals surface area contributed by atoms with Crippen LogP contribution in [0.15, 0.2) is 36.8 Å². The van der Waals surface area contributed by atoms with Crippen molar-refractivity contribution in [2.24, 2.45) is 0 Å². The van der Waals surface area contributed by atoms with Gasteiger partial charge in [0.25, 0.3) is 0 Å². The molecule has 0 unspecified atom stereocenters. The van der Waals surface area contributed by atoms with Crippen LogP contribution in [0.25, 0.3) is 0 Å². The smallest absolute Gasteiger partial charge is 0.0929 e. The Labute approximate surface area is 56.3 Å². The van der Waals surface area contributed by atoms with Crippen molar-refractivity contribution >= 4 is 0 Å². The summed E-state index contributed by atoms with van der Waals surface area (Å²) in [5.74, 6) is 0.704. The molecule has 9 heavy (non-hydrogen) atoms. The van der Waals surface area contributed by atoms with Gasteiger partial charge in [-0.05, 0) is 19.9 Å². The molecule has 0 aliphatic rings. The Bertz CT molecular complexity index is 132. The molecule has 0 aromatic heterocycles. The second kappa shape index (κ2) is 5.16. The molecule has 0 aromatic rings. The summed E-state index contributed by atoms with van der Waals surface area (Å²) in [7, 11) is 0. The van der Waals surface area contributed by atoms with Gasteiger partial charge in [0.2, 0.25) is 0 Å². The number of ether oxygens (including phenoxy) is 1. The predicted octanol–water partition coefficient (Wildman–Crippen LogP) is 2.63. The van der Waals surface area contributed by atoms with E-state index in [1.54, 1.807) is 13.2 Å². The maximum absolute atomic E-state index is 4.92. The van der Waals surface area contributed by atoms with Crippen molar-refractivity contribution in [1.29, 1.82) is 0 Å². The van der Waals surface area contributed by atoms with Crippen molar-refractivity contribution in [3.05, 3.63) is 36.8 Å². The minimum atomic E-state index is 0.704. The van der Waals surface area contributed by atoms with Crippen molar-refractivity contribution in [2.75, 3.05) is 0 Å². The molecule has 50 valence electrons. The van der Waals surface area contributed by atoms with E-state index in [2.05, 4.69) is 6.58 Å². The molecule has 0 saturated carbocycles. The Morgan fingerprint density at radius 1 is 1.44 bits per heavy atom. The van der Waals surface area contributed by atoms with Crippen LogP contribution in [0.3, 0.4) is 0 Å². The average molecular weight is 124 g/mol. The third kappa shape index (κ3) is 7.02. The van der Waals surface area contributed by atoms with E-state index in [9.17, 15) is 0 Å². The van der Waals surface area contributed by atoms with Crippen molar-refractivity contribution in [1.82, 2.24) is 0 Å². The SMILES string of the molecule is C=C(C)OC=CC=CC.